The van der Waals surface area contributed by atoms with E-state index in [1.807, 2.05) is 24.3 Å². The van der Waals surface area contributed by atoms with Crippen LogP contribution in [0, 0.1) is 0 Å². The molecule has 1 aromatic rings. The van der Waals surface area contributed by atoms with E-state index in [2.05, 4.69) is 17.3 Å². The summed E-state index contributed by atoms with van der Waals surface area (Å²) >= 11 is 0. The quantitative estimate of drug-likeness (QED) is 0.915. The second-order valence-electron chi connectivity index (χ2n) is 5.76. The van der Waals surface area contributed by atoms with Crippen LogP contribution in [0.15, 0.2) is 24.3 Å². The lowest BCUT2D eigenvalue weighted by Crippen LogP contribution is -2.41. The number of nitrogens with one attached hydrogen (secondary N) is 1. The van der Waals surface area contributed by atoms with E-state index >= 15 is 0 Å². The van der Waals surface area contributed by atoms with Crippen LogP contribution in [0.25, 0.3) is 0 Å². The molecule has 4 nitrogen and oxygen atoms in total. The zero-order valence-corrected chi connectivity index (χ0v) is 12.7. The third-order valence-electron chi connectivity index (χ3n) is 4.01. The molecule has 20 heavy (non-hydrogen) atoms. The fourth-order valence-corrected chi connectivity index (χ4v) is 2.69. The summed E-state index contributed by atoms with van der Waals surface area (Å²) in [5, 5.41) is 3.46. The van der Waals surface area contributed by atoms with Gasteiger partial charge in [-0.25, -0.2) is 0 Å². The molecule has 0 radical (unpaired) electrons. The third kappa shape index (κ3) is 3.51. The van der Waals surface area contributed by atoms with Crippen molar-refractivity contribution >= 4 is 11.6 Å². The highest BCUT2D eigenvalue weighted by molar-refractivity contribution is 5.99. The summed E-state index contributed by atoms with van der Waals surface area (Å²) in [7, 11) is 5.75. The Balaban J connectivity index is 2.04. The second kappa shape index (κ2) is 6.75. The van der Waals surface area contributed by atoms with Crippen molar-refractivity contribution in [1.29, 1.82) is 0 Å². The predicted molar refractivity (Wildman–Crippen MR) is 83.2 cm³/mol. The van der Waals surface area contributed by atoms with Gasteiger partial charge in [-0.05, 0) is 38.6 Å². The Morgan fingerprint density at radius 1 is 1.35 bits per heavy atom. The van der Waals surface area contributed by atoms with Gasteiger partial charge in [0, 0.05) is 32.4 Å². The van der Waals surface area contributed by atoms with Crippen LogP contribution in [0.3, 0.4) is 0 Å². The number of benzene rings is 1. The molecule has 1 aliphatic heterocycles. The first-order chi connectivity index (χ1) is 9.59. The molecule has 0 bridgehead atoms. The number of likely N-dealkylation sites (tertiary alicyclic amines) is 1. The molecule has 4 heteroatoms. The Morgan fingerprint density at radius 2 is 2.10 bits per heavy atom. The maximum Gasteiger partial charge on any atom is 0.255 e. The molecule has 0 aromatic heterocycles. The van der Waals surface area contributed by atoms with Crippen LogP contribution in [0.4, 0.5) is 5.69 Å². The summed E-state index contributed by atoms with van der Waals surface area (Å²) in [6.45, 7) is 2.07. The van der Waals surface area contributed by atoms with Gasteiger partial charge in [0.05, 0.1) is 5.56 Å². The predicted octanol–water partition coefficient (Wildman–Crippen LogP) is 2.28. The second-order valence-corrected chi connectivity index (χ2v) is 5.76. The van der Waals surface area contributed by atoms with Crippen LogP contribution in [-0.2, 0) is 0 Å². The minimum absolute atomic E-state index is 0.0464. The molecule has 1 heterocycles. The molecule has 1 atom stereocenters. The Hall–Kier alpha value is -1.55. The van der Waals surface area contributed by atoms with Crippen LogP contribution < -0.4 is 5.32 Å². The van der Waals surface area contributed by atoms with Crippen molar-refractivity contribution < 1.29 is 4.79 Å². The van der Waals surface area contributed by atoms with Crippen molar-refractivity contribution in [2.45, 2.75) is 25.3 Å². The molecule has 0 saturated carbocycles. The average Bonchev–Trinajstić information content (AvgIpc) is 2.46. The molecule has 1 N–H and O–H groups in total. The van der Waals surface area contributed by atoms with Crippen LogP contribution in [-0.4, -0.2) is 56.0 Å². The summed E-state index contributed by atoms with van der Waals surface area (Å²) in [6.07, 6.45) is 3.82. The summed E-state index contributed by atoms with van der Waals surface area (Å²) < 4.78 is 0. The molecular weight excluding hydrogens is 250 g/mol. The van der Waals surface area contributed by atoms with Gasteiger partial charge in [0.2, 0.25) is 0 Å². The van der Waals surface area contributed by atoms with Gasteiger partial charge in [0.1, 0.15) is 0 Å². The van der Waals surface area contributed by atoms with E-state index < -0.39 is 0 Å². The van der Waals surface area contributed by atoms with Crippen molar-refractivity contribution in [2.24, 2.45) is 0 Å². The highest BCUT2D eigenvalue weighted by atomic mass is 16.2. The van der Waals surface area contributed by atoms with Crippen molar-refractivity contribution in [2.75, 3.05) is 39.5 Å². The Bertz CT molecular complexity index is 459. The van der Waals surface area contributed by atoms with Gasteiger partial charge in [-0.1, -0.05) is 18.6 Å². The largest absolute Gasteiger partial charge is 0.383 e. The number of anilines is 1. The van der Waals surface area contributed by atoms with Crippen LogP contribution in [0.5, 0.6) is 0 Å². The van der Waals surface area contributed by atoms with Gasteiger partial charge >= 0.3 is 0 Å². The monoisotopic (exact) mass is 275 g/mol. The molecule has 0 aliphatic carbocycles. The number of amides is 1. The Kier molecular flexibility index (Phi) is 5.01. The van der Waals surface area contributed by atoms with Crippen LogP contribution >= 0.6 is 0 Å². The highest BCUT2D eigenvalue weighted by Gasteiger charge is 2.19. The fourth-order valence-electron chi connectivity index (χ4n) is 2.69. The van der Waals surface area contributed by atoms with Crippen molar-refractivity contribution in [3.05, 3.63) is 29.8 Å². The number of piperidine rings is 1. The smallest absolute Gasteiger partial charge is 0.255 e. The van der Waals surface area contributed by atoms with Gasteiger partial charge in [-0.3, -0.25) is 4.79 Å². The van der Waals surface area contributed by atoms with E-state index in [-0.39, 0.29) is 5.91 Å². The Labute approximate surface area is 121 Å². The molecule has 1 saturated heterocycles. The number of carbonyl (C=O) groups is 1. The van der Waals surface area contributed by atoms with E-state index in [4.69, 9.17) is 0 Å². The molecule has 1 unspecified atom stereocenters. The average molecular weight is 275 g/mol. The lowest BCUT2D eigenvalue weighted by molar-refractivity contribution is 0.0828. The minimum Gasteiger partial charge on any atom is -0.383 e. The number of nitrogens with zero attached hydrogens (tertiary/aromatic N) is 2. The normalized spacial score (nSPS) is 19.6. The summed E-state index contributed by atoms with van der Waals surface area (Å²) in [5.41, 5.74) is 1.68. The van der Waals surface area contributed by atoms with E-state index in [1.54, 1.807) is 19.0 Å². The first-order valence-electron chi connectivity index (χ1n) is 7.34. The number of para-hydroxylation sites is 1. The van der Waals surface area contributed by atoms with Gasteiger partial charge in [-0.15, -0.1) is 0 Å². The van der Waals surface area contributed by atoms with Crippen LogP contribution in [0.2, 0.25) is 0 Å². The molecular formula is C16H25N3O. The Morgan fingerprint density at radius 3 is 2.80 bits per heavy atom. The molecule has 1 aliphatic rings. The number of hydrogen-bond donors (Lipinski definition) is 1. The number of rotatable bonds is 4. The molecule has 1 aromatic carbocycles. The number of likely N-dealkylation sites (N-methyl/N-ethyl adjacent to an activating group) is 1. The topological polar surface area (TPSA) is 35.6 Å². The van der Waals surface area contributed by atoms with Gasteiger partial charge in [0.15, 0.2) is 0 Å². The SMILES string of the molecule is CN(C)C(=O)c1ccccc1NCC1CCCCN1C. The zero-order chi connectivity index (χ0) is 14.5. The summed E-state index contributed by atoms with van der Waals surface area (Å²) in [5.74, 6) is 0.0464. The summed E-state index contributed by atoms with van der Waals surface area (Å²) in [4.78, 5) is 16.2. The first-order valence-corrected chi connectivity index (χ1v) is 7.34. The minimum atomic E-state index is 0.0464. The molecule has 1 fully saturated rings. The molecule has 2 rings (SSSR count). The first kappa shape index (κ1) is 14.9. The van der Waals surface area contributed by atoms with Gasteiger partial charge in [-0.2, -0.15) is 0 Å². The van der Waals surface area contributed by atoms with E-state index in [1.165, 1.54) is 25.8 Å². The lowest BCUT2D eigenvalue weighted by atomic mass is 10.0. The highest BCUT2D eigenvalue weighted by Crippen LogP contribution is 2.19. The molecule has 0 spiro atoms. The van der Waals surface area contributed by atoms with Crippen molar-refractivity contribution in [3.63, 3.8) is 0 Å². The van der Waals surface area contributed by atoms with Gasteiger partial charge < -0.3 is 15.1 Å². The van der Waals surface area contributed by atoms with Crippen LogP contribution in [0.1, 0.15) is 29.6 Å². The fraction of sp³-hybridized carbons (Fsp3) is 0.562. The molecule has 1 amide bonds. The maximum absolute atomic E-state index is 12.2. The number of hydrogen-bond acceptors (Lipinski definition) is 3. The lowest BCUT2D eigenvalue weighted by Gasteiger charge is -2.33. The zero-order valence-electron chi connectivity index (χ0n) is 12.7. The standard InChI is InChI=1S/C16H25N3O/c1-18(2)16(20)14-9-4-5-10-15(14)17-12-13-8-6-7-11-19(13)3/h4-5,9-10,13,17H,6-8,11-12H2,1-3H3. The maximum atomic E-state index is 12.2. The van der Waals surface area contributed by atoms with E-state index in [0.29, 0.717) is 6.04 Å². The summed E-state index contributed by atoms with van der Waals surface area (Å²) in [6, 6.07) is 8.31. The van der Waals surface area contributed by atoms with E-state index in [9.17, 15) is 4.79 Å². The van der Waals surface area contributed by atoms with Gasteiger partial charge in [0.25, 0.3) is 5.91 Å². The van der Waals surface area contributed by atoms with Crippen molar-refractivity contribution in [3.8, 4) is 0 Å². The third-order valence-corrected chi connectivity index (χ3v) is 4.01. The molecule has 110 valence electrons. The number of carbonyl (C=O) groups excluding carboxylic acids is 1. The van der Waals surface area contributed by atoms with E-state index in [0.717, 1.165) is 17.8 Å². The van der Waals surface area contributed by atoms with Crippen molar-refractivity contribution in [1.82, 2.24) is 9.80 Å².